The van der Waals surface area contributed by atoms with E-state index in [-0.39, 0.29) is 0 Å². The van der Waals surface area contributed by atoms with Crippen LogP contribution in [0.1, 0.15) is 40.5 Å². The van der Waals surface area contributed by atoms with Gasteiger partial charge in [0.1, 0.15) is 0 Å². The van der Waals surface area contributed by atoms with E-state index in [0.717, 1.165) is 12.0 Å². The molecule has 1 saturated heterocycles. The second kappa shape index (κ2) is 5.72. The SMILES string of the molecule is CC.CC(C)C1CCCN1. The van der Waals surface area contributed by atoms with Gasteiger partial charge in [0.15, 0.2) is 0 Å². The molecule has 1 atom stereocenters. The van der Waals surface area contributed by atoms with Crippen molar-refractivity contribution in [3.05, 3.63) is 0 Å². The Morgan fingerprint density at radius 1 is 1.30 bits per heavy atom. The van der Waals surface area contributed by atoms with Crippen LogP contribution in [0, 0.1) is 5.92 Å². The van der Waals surface area contributed by atoms with Crippen LogP contribution in [0.5, 0.6) is 0 Å². The lowest BCUT2D eigenvalue weighted by Gasteiger charge is -2.12. The summed E-state index contributed by atoms with van der Waals surface area (Å²) in [5.74, 6) is 0.831. The van der Waals surface area contributed by atoms with Gasteiger partial charge in [0.25, 0.3) is 0 Å². The van der Waals surface area contributed by atoms with E-state index in [9.17, 15) is 0 Å². The summed E-state index contributed by atoms with van der Waals surface area (Å²) < 4.78 is 0. The van der Waals surface area contributed by atoms with E-state index in [2.05, 4.69) is 19.2 Å². The topological polar surface area (TPSA) is 12.0 Å². The van der Waals surface area contributed by atoms with Crippen molar-refractivity contribution in [3.8, 4) is 0 Å². The van der Waals surface area contributed by atoms with Gasteiger partial charge in [-0.1, -0.05) is 27.7 Å². The molecule has 62 valence electrons. The molecule has 0 aliphatic carbocycles. The van der Waals surface area contributed by atoms with Crippen LogP contribution in [0.4, 0.5) is 0 Å². The number of hydrogen-bond acceptors (Lipinski definition) is 1. The zero-order chi connectivity index (χ0) is 7.98. The first kappa shape index (κ1) is 9.96. The Balaban J connectivity index is 0.000000371. The minimum atomic E-state index is 0.815. The fourth-order valence-electron chi connectivity index (χ4n) is 1.28. The van der Waals surface area contributed by atoms with Crippen LogP contribution in [0.15, 0.2) is 0 Å². The van der Waals surface area contributed by atoms with Crippen LogP contribution < -0.4 is 5.32 Å². The highest BCUT2D eigenvalue weighted by Gasteiger charge is 2.16. The maximum atomic E-state index is 3.46. The highest BCUT2D eigenvalue weighted by Crippen LogP contribution is 2.12. The molecule has 1 unspecified atom stereocenters. The van der Waals surface area contributed by atoms with Crippen molar-refractivity contribution in [1.82, 2.24) is 5.32 Å². The lowest BCUT2D eigenvalue weighted by molar-refractivity contribution is 0.452. The third-order valence-electron chi connectivity index (χ3n) is 1.90. The summed E-state index contributed by atoms with van der Waals surface area (Å²) in [5, 5.41) is 3.46. The van der Waals surface area contributed by atoms with Crippen LogP contribution in [-0.4, -0.2) is 12.6 Å². The van der Waals surface area contributed by atoms with Gasteiger partial charge in [-0.05, 0) is 25.3 Å². The molecule has 1 aliphatic heterocycles. The normalized spacial score (nSPS) is 24.3. The predicted molar refractivity (Wildman–Crippen MR) is 47.2 cm³/mol. The Hall–Kier alpha value is -0.0400. The van der Waals surface area contributed by atoms with Crippen molar-refractivity contribution < 1.29 is 0 Å². The summed E-state index contributed by atoms with van der Waals surface area (Å²) in [5.41, 5.74) is 0. The summed E-state index contributed by atoms with van der Waals surface area (Å²) in [6, 6.07) is 0.815. The minimum Gasteiger partial charge on any atom is -0.314 e. The van der Waals surface area contributed by atoms with Crippen LogP contribution in [-0.2, 0) is 0 Å². The second-order valence-corrected chi connectivity index (χ2v) is 2.95. The van der Waals surface area contributed by atoms with E-state index >= 15 is 0 Å². The summed E-state index contributed by atoms with van der Waals surface area (Å²) in [6.45, 7) is 9.80. The highest BCUT2D eigenvalue weighted by molar-refractivity contribution is 4.76. The maximum Gasteiger partial charge on any atom is 0.00905 e. The fraction of sp³-hybridized carbons (Fsp3) is 1.00. The molecule has 0 amide bonds. The van der Waals surface area contributed by atoms with Gasteiger partial charge in [0.2, 0.25) is 0 Å². The molecule has 1 aliphatic rings. The van der Waals surface area contributed by atoms with Crippen molar-refractivity contribution in [1.29, 1.82) is 0 Å². The minimum absolute atomic E-state index is 0.815. The predicted octanol–water partition coefficient (Wildman–Crippen LogP) is 2.42. The molecular formula is C9H21N. The molecular weight excluding hydrogens is 122 g/mol. The Morgan fingerprint density at radius 3 is 2.10 bits per heavy atom. The molecule has 1 nitrogen and oxygen atoms in total. The first-order valence-electron chi connectivity index (χ1n) is 4.54. The standard InChI is InChI=1S/C7H15N.C2H6/c1-6(2)7-4-3-5-8-7;1-2/h6-8H,3-5H2,1-2H3;1-2H3. The second-order valence-electron chi connectivity index (χ2n) is 2.95. The van der Waals surface area contributed by atoms with E-state index in [4.69, 9.17) is 0 Å². The van der Waals surface area contributed by atoms with Crippen molar-refractivity contribution in [2.24, 2.45) is 5.92 Å². The van der Waals surface area contributed by atoms with Gasteiger partial charge in [-0.15, -0.1) is 0 Å². The molecule has 1 fully saturated rings. The Labute approximate surface area is 65.2 Å². The van der Waals surface area contributed by atoms with Gasteiger partial charge in [-0.3, -0.25) is 0 Å². The molecule has 0 bridgehead atoms. The molecule has 1 heteroatoms. The quantitative estimate of drug-likeness (QED) is 0.594. The molecule has 0 aromatic carbocycles. The molecule has 0 aromatic heterocycles. The van der Waals surface area contributed by atoms with Gasteiger partial charge in [0, 0.05) is 6.04 Å². The number of hydrogen-bond donors (Lipinski definition) is 1. The Bertz CT molecular complexity index is 63.1. The van der Waals surface area contributed by atoms with Gasteiger partial charge >= 0.3 is 0 Å². The van der Waals surface area contributed by atoms with E-state index < -0.39 is 0 Å². The maximum absolute atomic E-state index is 3.46. The van der Waals surface area contributed by atoms with Crippen LogP contribution >= 0.6 is 0 Å². The van der Waals surface area contributed by atoms with E-state index in [1.165, 1.54) is 19.4 Å². The summed E-state index contributed by atoms with van der Waals surface area (Å²) in [7, 11) is 0. The van der Waals surface area contributed by atoms with Crippen LogP contribution in [0.25, 0.3) is 0 Å². The zero-order valence-electron chi connectivity index (χ0n) is 7.78. The molecule has 1 heterocycles. The van der Waals surface area contributed by atoms with E-state index in [1.54, 1.807) is 0 Å². The van der Waals surface area contributed by atoms with Gasteiger partial charge < -0.3 is 5.32 Å². The summed E-state index contributed by atoms with van der Waals surface area (Å²) >= 11 is 0. The van der Waals surface area contributed by atoms with E-state index in [0.29, 0.717) is 0 Å². The number of rotatable bonds is 1. The van der Waals surface area contributed by atoms with Crippen LogP contribution in [0.3, 0.4) is 0 Å². The van der Waals surface area contributed by atoms with Gasteiger partial charge in [-0.25, -0.2) is 0 Å². The first-order valence-corrected chi connectivity index (χ1v) is 4.54. The Kier molecular flexibility index (Phi) is 5.70. The smallest absolute Gasteiger partial charge is 0.00905 e. The summed E-state index contributed by atoms with van der Waals surface area (Å²) in [4.78, 5) is 0. The lowest BCUT2D eigenvalue weighted by Crippen LogP contribution is -2.26. The largest absolute Gasteiger partial charge is 0.314 e. The van der Waals surface area contributed by atoms with Gasteiger partial charge in [0.05, 0.1) is 0 Å². The lowest BCUT2D eigenvalue weighted by atomic mass is 10.0. The monoisotopic (exact) mass is 143 g/mol. The third-order valence-corrected chi connectivity index (χ3v) is 1.90. The van der Waals surface area contributed by atoms with E-state index in [1.807, 2.05) is 13.8 Å². The molecule has 0 spiro atoms. The highest BCUT2D eigenvalue weighted by atomic mass is 14.9. The Morgan fingerprint density at radius 2 is 1.90 bits per heavy atom. The molecule has 0 aromatic rings. The van der Waals surface area contributed by atoms with Crippen LogP contribution in [0.2, 0.25) is 0 Å². The molecule has 1 N–H and O–H groups in total. The van der Waals surface area contributed by atoms with Crippen molar-refractivity contribution >= 4 is 0 Å². The van der Waals surface area contributed by atoms with Crippen molar-refractivity contribution in [2.75, 3.05) is 6.54 Å². The zero-order valence-corrected chi connectivity index (χ0v) is 7.78. The molecule has 0 saturated carbocycles. The molecule has 1 rings (SSSR count). The van der Waals surface area contributed by atoms with Crippen molar-refractivity contribution in [2.45, 2.75) is 46.6 Å². The molecule has 10 heavy (non-hydrogen) atoms. The first-order chi connectivity index (χ1) is 4.80. The average Bonchev–Trinajstić information content (AvgIpc) is 2.42. The number of nitrogens with one attached hydrogen (secondary N) is 1. The van der Waals surface area contributed by atoms with Gasteiger partial charge in [-0.2, -0.15) is 0 Å². The summed E-state index contributed by atoms with van der Waals surface area (Å²) in [6.07, 6.45) is 2.76. The van der Waals surface area contributed by atoms with Crippen molar-refractivity contribution in [3.63, 3.8) is 0 Å². The average molecular weight is 143 g/mol. The fourth-order valence-corrected chi connectivity index (χ4v) is 1.28. The third kappa shape index (κ3) is 3.21. The molecule has 0 radical (unpaired) electrons.